The van der Waals surface area contributed by atoms with E-state index in [0.29, 0.717) is 50.8 Å². The Bertz CT molecular complexity index is 537. The summed E-state index contributed by atoms with van der Waals surface area (Å²) in [6, 6.07) is 4.97. The highest BCUT2D eigenvalue weighted by atomic mass is 19.1. The van der Waals surface area contributed by atoms with E-state index in [9.17, 15) is 9.50 Å². The maximum Gasteiger partial charge on any atom is 0.238 e. The summed E-state index contributed by atoms with van der Waals surface area (Å²) < 4.78 is 25.0. The molecule has 0 aliphatic carbocycles. The minimum Gasteiger partial charge on any atom is -0.378 e. The molecule has 3 rings (SSSR count). The number of benzene rings is 1. The van der Waals surface area contributed by atoms with Crippen molar-refractivity contribution in [3.8, 4) is 0 Å². The van der Waals surface area contributed by atoms with Crippen LogP contribution in [0.4, 0.5) is 15.8 Å². The fraction of sp³-hybridized carbons (Fsp3) is 0.533. The number of hydrogen-bond acceptors (Lipinski definition) is 6. The number of morpholine rings is 1. The molecule has 0 saturated carbocycles. The van der Waals surface area contributed by atoms with Crippen molar-refractivity contribution in [3.05, 3.63) is 24.0 Å². The van der Waals surface area contributed by atoms with Gasteiger partial charge in [0.15, 0.2) is 0 Å². The molecule has 0 aromatic heterocycles. The zero-order chi connectivity index (χ0) is 15.5. The van der Waals surface area contributed by atoms with Gasteiger partial charge in [0.05, 0.1) is 38.1 Å². The maximum atomic E-state index is 14.4. The Labute approximate surface area is 128 Å². The lowest BCUT2D eigenvalue weighted by Gasteiger charge is -2.30. The number of nitrogens with zero attached hydrogens (tertiary/aromatic N) is 3. The predicted octanol–water partition coefficient (Wildman–Crippen LogP) is 0.844. The Morgan fingerprint density at radius 3 is 2.82 bits per heavy atom. The number of ether oxygens (including phenoxy) is 2. The topological polar surface area (TPSA) is 57.5 Å². The van der Waals surface area contributed by atoms with Crippen LogP contribution in [0.5, 0.6) is 0 Å². The van der Waals surface area contributed by atoms with Crippen molar-refractivity contribution < 1.29 is 19.0 Å². The molecule has 120 valence electrons. The fourth-order valence-corrected chi connectivity index (χ4v) is 2.81. The standard InChI is InChI=1S/C15H20FN3O3/c1-17-9-12-10-19(15(20)22-12)11-2-3-14(13(16)8-11)18-4-6-21-7-5-18/h2-3,8,12,15,20H,1,4-7,9-10H2/t12-,15?/m0/s1. The van der Waals surface area contributed by atoms with Gasteiger partial charge >= 0.3 is 0 Å². The lowest BCUT2D eigenvalue weighted by atomic mass is 10.2. The van der Waals surface area contributed by atoms with Gasteiger partial charge in [0.1, 0.15) is 5.82 Å². The van der Waals surface area contributed by atoms with Crippen LogP contribution in [-0.2, 0) is 9.47 Å². The fourth-order valence-electron chi connectivity index (χ4n) is 2.81. The summed E-state index contributed by atoms with van der Waals surface area (Å²) in [5.41, 5.74) is 1.15. The lowest BCUT2D eigenvalue weighted by Crippen LogP contribution is -2.37. The first kappa shape index (κ1) is 15.2. The van der Waals surface area contributed by atoms with Crippen molar-refractivity contribution >= 4 is 18.1 Å². The first-order valence-electron chi connectivity index (χ1n) is 7.34. The number of anilines is 2. The highest BCUT2D eigenvalue weighted by Crippen LogP contribution is 2.29. The second kappa shape index (κ2) is 6.60. The van der Waals surface area contributed by atoms with E-state index < -0.39 is 6.41 Å². The van der Waals surface area contributed by atoms with Crippen LogP contribution in [0.25, 0.3) is 0 Å². The molecule has 2 aliphatic heterocycles. The minimum atomic E-state index is -1.08. The second-order valence-corrected chi connectivity index (χ2v) is 5.38. The molecule has 2 aliphatic rings. The average Bonchev–Trinajstić information content (AvgIpc) is 2.89. The maximum absolute atomic E-state index is 14.4. The highest BCUT2D eigenvalue weighted by molar-refractivity contribution is 5.58. The van der Waals surface area contributed by atoms with E-state index in [1.165, 1.54) is 6.07 Å². The number of aliphatic hydroxyl groups is 1. The lowest BCUT2D eigenvalue weighted by molar-refractivity contribution is -0.0853. The first-order valence-corrected chi connectivity index (χ1v) is 7.34. The summed E-state index contributed by atoms with van der Waals surface area (Å²) >= 11 is 0. The van der Waals surface area contributed by atoms with Crippen LogP contribution in [0.1, 0.15) is 0 Å². The molecule has 6 nitrogen and oxygen atoms in total. The summed E-state index contributed by atoms with van der Waals surface area (Å²) in [6.45, 7) is 6.85. The van der Waals surface area contributed by atoms with Crippen molar-refractivity contribution in [2.45, 2.75) is 12.5 Å². The Morgan fingerprint density at radius 2 is 2.14 bits per heavy atom. The van der Waals surface area contributed by atoms with Crippen molar-refractivity contribution in [3.63, 3.8) is 0 Å². The minimum absolute atomic E-state index is 0.227. The molecular formula is C15H20FN3O3. The smallest absolute Gasteiger partial charge is 0.238 e. The van der Waals surface area contributed by atoms with Gasteiger partial charge in [-0.15, -0.1) is 0 Å². The molecule has 1 unspecified atom stereocenters. The molecule has 2 heterocycles. The Morgan fingerprint density at radius 1 is 1.36 bits per heavy atom. The molecule has 2 saturated heterocycles. The third-order valence-electron chi connectivity index (χ3n) is 3.93. The van der Waals surface area contributed by atoms with E-state index in [2.05, 4.69) is 11.7 Å². The van der Waals surface area contributed by atoms with Gasteiger partial charge in [-0.05, 0) is 24.9 Å². The Kier molecular flexibility index (Phi) is 4.56. The molecule has 0 spiro atoms. The van der Waals surface area contributed by atoms with E-state index in [1.54, 1.807) is 17.0 Å². The summed E-state index contributed by atoms with van der Waals surface area (Å²) in [6.07, 6.45) is -1.31. The van der Waals surface area contributed by atoms with Crippen LogP contribution >= 0.6 is 0 Å². The monoisotopic (exact) mass is 309 g/mol. The quantitative estimate of drug-likeness (QED) is 0.836. The van der Waals surface area contributed by atoms with Crippen molar-refractivity contribution in [2.24, 2.45) is 4.99 Å². The Hall–Kier alpha value is -1.70. The van der Waals surface area contributed by atoms with Crippen LogP contribution in [-0.4, -0.2) is 63.7 Å². The van der Waals surface area contributed by atoms with Gasteiger partial charge in [-0.1, -0.05) is 0 Å². The summed E-state index contributed by atoms with van der Waals surface area (Å²) in [5, 5.41) is 9.94. The highest BCUT2D eigenvalue weighted by Gasteiger charge is 2.31. The van der Waals surface area contributed by atoms with Gasteiger partial charge in [-0.3, -0.25) is 4.99 Å². The zero-order valence-corrected chi connectivity index (χ0v) is 12.3. The molecule has 22 heavy (non-hydrogen) atoms. The number of aliphatic hydroxyl groups excluding tert-OH is 1. The van der Waals surface area contributed by atoms with Crippen molar-refractivity contribution in [1.82, 2.24) is 0 Å². The van der Waals surface area contributed by atoms with E-state index >= 15 is 0 Å². The van der Waals surface area contributed by atoms with Gasteiger partial charge in [0.2, 0.25) is 6.41 Å². The first-order chi connectivity index (χ1) is 10.7. The molecule has 0 bridgehead atoms. The third-order valence-corrected chi connectivity index (χ3v) is 3.93. The molecule has 2 fully saturated rings. The predicted molar refractivity (Wildman–Crippen MR) is 82.1 cm³/mol. The molecule has 7 heteroatoms. The molecule has 1 aromatic rings. The number of halogens is 1. The van der Waals surface area contributed by atoms with Crippen LogP contribution in [0.2, 0.25) is 0 Å². The van der Waals surface area contributed by atoms with E-state index in [0.717, 1.165) is 0 Å². The van der Waals surface area contributed by atoms with Gasteiger partial charge < -0.3 is 24.4 Å². The third kappa shape index (κ3) is 3.06. The molecule has 0 radical (unpaired) electrons. The molecule has 2 atom stereocenters. The number of hydrogen-bond donors (Lipinski definition) is 1. The van der Waals surface area contributed by atoms with Gasteiger partial charge in [-0.25, -0.2) is 4.39 Å². The second-order valence-electron chi connectivity index (χ2n) is 5.38. The molecule has 0 amide bonds. The number of rotatable bonds is 4. The van der Waals surface area contributed by atoms with E-state index in [4.69, 9.17) is 9.47 Å². The van der Waals surface area contributed by atoms with E-state index in [1.807, 2.05) is 4.90 Å². The molecule has 1 N–H and O–H groups in total. The van der Waals surface area contributed by atoms with Crippen LogP contribution in [0.3, 0.4) is 0 Å². The van der Waals surface area contributed by atoms with Crippen LogP contribution in [0, 0.1) is 5.82 Å². The van der Waals surface area contributed by atoms with Gasteiger partial charge in [0, 0.05) is 18.8 Å². The summed E-state index contributed by atoms with van der Waals surface area (Å²) in [4.78, 5) is 7.34. The zero-order valence-electron chi connectivity index (χ0n) is 12.3. The number of aliphatic imine (C=N–C) groups is 1. The normalized spacial score (nSPS) is 25.5. The van der Waals surface area contributed by atoms with Crippen molar-refractivity contribution in [1.29, 1.82) is 0 Å². The van der Waals surface area contributed by atoms with Crippen molar-refractivity contribution in [2.75, 3.05) is 49.2 Å². The SMILES string of the molecule is C=NC[C@H]1CN(c2ccc(N3CCOCC3)c(F)c2)C(O)O1. The largest absolute Gasteiger partial charge is 0.378 e. The summed E-state index contributed by atoms with van der Waals surface area (Å²) in [7, 11) is 0. The van der Waals surface area contributed by atoms with Crippen LogP contribution in [0.15, 0.2) is 23.2 Å². The molecular weight excluding hydrogens is 289 g/mol. The van der Waals surface area contributed by atoms with Crippen LogP contribution < -0.4 is 9.80 Å². The van der Waals surface area contributed by atoms with E-state index in [-0.39, 0.29) is 11.9 Å². The summed E-state index contributed by atoms with van der Waals surface area (Å²) in [5.74, 6) is -0.308. The van der Waals surface area contributed by atoms with Gasteiger partial charge in [-0.2, -0.15) is 0 Å². The average molecular weight is 309 g/mol. The van der Waals surface area contributed by atoms with Gasteiger partial charge in [0.25, 0.3) is 0 Å². The Balaban J connectivity index is 1.75. The molecule has 1 aromatic carbocycles.